The van der Waals surface area contributed by atoms with Crippen molar-refractivity contribution in [3.63, 3.8) is 0 Å². The number of alkyl carbamates (subject to hydrolysis) is 2. The number of amides is 4. The van der Waals surface area contributed by atoms with Crippen molar-refractivity contribution < 1.29 is 28.7 Å². The maximum atomic E-state index is 13.5. The average Bonchev–Trinajstić information content (AvgIpc) is 4.01. The Balaban J connectivity index is 1.10. The lowest BCUT2D eigenvalue weighted by Crippen LogP contribution is -2.51. The first-order valence-electron chi connectivity index (χ1n) is 18.1. The van der Waals surface area contributed by atoms with Gasteiger partial charge in [0.05, 0.1) is 69.6 Å². The van der Waals surface area contributed by atoms with E-state index in [9.17, 15) is 19.2 Å². The maximum absolute atomic E-state index is 13.5. The van der Waals surface area contributed by atoms with Crippen LogP contribution in [0.1, 0.15) is 86.9 Å². The highest BCUT2D eigenvalue weighted by Crippen LogP contribution is 2.36. The van der Waals surface area contributed by atoms with Gasteiger partial charge in [-0.15, -0.1) is 22.7 Å². The molecule has 54 heavy (non-hydrogen) atoms. The SMILES string of the molecule is COC(=O)NC(C(=O)N1CCC[C@H]1c1ncc(-c2ccc(C#Cc3ccc(-c4cnc([C@@H]5CCCN5C(=O)[C@@H](NC(=O)OC)C(C)C)[nH]4)s3)s2)[nH]1)C(C)C. The number of nitrogens with one attached hydrogen (secondary N) is 4. The van der Waals surface area contributed by atoms with E-state index in [0.717, 1.165) is 56.6 Å². The molecular formula is C38H46N8O6S2. The van der Waals surface area contributed by atoms with Crippen molar-refractivity contribution in [2.45, 2.75) is 77.5 Å². The van der Waals surface area contributed by atoms with Crippen molar-refractivity contribution in [1.82, 2.24) is 40.4 Å². The molecule has 4 aromatic heterocycles. The first-order chi connectivity index (χ1) is 26.0. The van der Waals surface area contributed by atoms with Gasteiger partial charge in [0, 0.05) is 13.1 Å². The van der Waals surface area contributed by atoms with Crippen LogP contribution in [0.25, 0.3) is 21.1 Å². The summed E-state index contributed by atoms with van der Waals surface area (Å²) in [5.74, 6) is 7.50. The molecule has 14 nitrogen and oxygen atoms in total. The molecular weight excluding hydrogens is 729 g/mol. The van der Waals surface area contributed by atoms with Gasteiger partial charge in [0.15, 0.2) is 0 Å². The number of hydrogen-bond acceptors (Lipinski definition) is 10. The second-order valence-electron chi connectivity index (χ2n) is 14.0. The third-order valence-corrected chi connectivity index (χ3v) is 11.8. The number of nitrogens with zero attached hydrogens (tertiary/aromatic N) is 4. The zero-order valence-electron chi connectivity index (χ0n) is 31.2. The number of imidazole rings is 2. The number of methoxy groups -OCH3 is 2. The smallest absolute Gasteiger partial charge is 0.407 e. The minimum absolute atomic E-state index is 0.107. The summed E-state index contributed by atoms with van der Waals surface area (Å²) in [7, 11) is 2.57. The zero-order chi connectivity index (χ0) is 38.5. The van der Waals surface area contributed by atoms with E-state index in [-0.39, 0.29) is 35.7 Å². The largest absolute Gasteiger partial charge is 0.453 e. The Morgan fingerprint density at radius 2 is 1.13 bits per heavy atom. The monoisotopic (exact) mass is 774 g/mol. The minimum atomic E-state index is -0.690. The van der Waals surface area contributed by atoms with Crippen molar-refractivity contribution in [3.05, 3.63) is 58.1 Å². The van der Waals surface area contributed by atoms with Crippen molar-refractivity contribution in [2.24, 2.45) is 11.8 Å². The quantitative estimate of drug-likeness (QED) is 0.140. The molecule has 0 radical (unpaired) electrons. The molecule has 0 spiro atoms. The highest BCUT2D eigenvalue weighted by molar-refractivity contribution is 7.16. The van der Waals surface area contributed by atoms with Gasteiger partial charge in [0.25, 0.3) is 0 Å². The molecule has 0 aliphatic carbocycles. The summed E-state index contributed by atoms with van der Waals surface area (Å²) >= 11 is 3.11. The topological polar surface area (TPSA) is 175 Å². The Bertz CT molecular complexity index is 1900. The van der Waals surface area contributed by atoms with Crippen molar-refractivity contribution in [3.8, 4) is 33.0 Å². The fourth-order valence-corrected chi connectivity index (χ4v) is 8.52. The Morgan fingerprint density at radius 3 is 1.50 bits per heavy atom. The number of hydrogen-bond donors (Lipinski definition) is 4. The number of aromatic nitrogens is 4. The van der Waals surface area contributed by atoms with Crippen LogP contribution < -0.4 is 10.6 Å². The number of ether oxygens (including phenoxy) is 2. The predicted octanol–water partition coefficient (Wildman–Crippen LogP) is 6.08. The van der Waals surface area contributed by atoms with E-state index in [1.165, 1.54) is 14.2 Å². The van der Waals surface area contributed by atoms with E-state index in [4.69, 9.17) is 9.47 Å². The summed E-state index contributed by atoms with van der Waals surface area (Å²) in [6.45, 7) is 8.76. The first-order valence-corrected chi connectivity index (χ1v) is 19.7. The van der Waals surface area contributed by atoms with E-state index in [0.29, 0.717) is 24.7 Å². The lowest BCUT2D eigenvalue weighted by Gasteiger charge is -2.30. The van der Waals surface area contributed by atoms with Crippen LogP contribution >= 0.6 is 22.7 Å². The zero-order valence-corrected chi connectivity index (χ0v) is 32.9. The summed E-state index contributed by atoms with van der Waals surface area (Å²) in [4.78, 5) is 74.4. The van der Waals surface area contributed by atoms with Gasteiger partial charge >= 0.3 is 12.2 Å². The van der Waals surface area contributed by atoms with E-state index in [1.807, 2.05) is 52.0 Å². The predicted molar refractivity (Wildman–Crippen MR) is 205 cm³/mol. The van der Waals surface area contributed by atoms with Crippen LogP contribution in [0.4, 0.5) is 9.59 Å². The number of H-pyrrole nitrogens is 2. The van der Waals surface area contributed by atoms with Crippen LogP contribution in [0.15, 0.2) is 36.7 Å². The van der Waals surface area contributed by atoms with Gasteiger partial charge in [-0.05, 0) is 73.6 Å². The second-order valence-corrected chi connectivity index (χ2v) is 16.2. The summed E-state index contributed by atoms with van der Waals surface area (Å²) in [5.41, 5.74) is 1.71. The number of rotatable bonds is 10. The fourth-order valence-electron chi connectivity index (χ4n) is 6.87. The van der Waals surface area contributed by atoms with E-state index in [2.05, 4.69) is 42.4 Å². The standard InChI is InChI=1S/C38H46N8O6S2/c1-21(2)31(43-37(49)51-5)35(47)45-17-7-9-27(45)33-39-19-25(41-33)29-15-13-23(53-29)11-12-24-14-16-30(54-24)26-20-40-34(42-26)28-10-8-18-46(28)36(48)32(22(3)4)44-38(50)52-6/h13-16,19-22,27-28,31-32H,7-10,17-18H2,1-6H3,(H,39,41)(H,40,42)(H,43,49)(H,44,50)/t27-,28-,31-,32?/m0/s1. The van der Waals surface area contributed by atoms with Gasteiger partial charge in [-0.1, -0.05) is 27.7 Å². The number of carbonyl (C=O) groups excluding carboxylic acids is 4. The molecule has 0 saturated carbocycles. The van der Waals surface area contributed by atoms with Gasteiger partial charge in [-0.3, -0.25) is 9.59 Å². The lowest BCUT2D eigenvalue weighted by molar-refractivity contribution is -0.136. The second kappa shape index (κ2) is 16.9. The molecule has 2 aliphatic heterocycles. The van der Waals surface area contributed by atoms with Gasteiger partial charge < -0.3 is 39.9 Å². The highest BCUT2D eigenvalue weighted by Gasteiger charge is 2.39. The molecule has 286 valence electrons. The molecule has 6 heterocycles. The molecule has 6 rings (SSSR count). The molecule has 2 fully saturated rings. The average molecular weight is 775 g/mol. The normalized spacial score (nSPS) is 18.0. The fraction of sp³-hybridized carbons (Fsp3) is 0.474. The molecule has 4 aromatic rings. The maximum Gasteiger partial charge on any atom is 0.407 e. The van der Waals surface area contributed by atoms with Crippen LogP contribution in [0, 0.1) is 23.7 Å². The number of carbonyl (C=O) groups is 4. The van der Waals surface area contributed by atoms with E-state index >= 15 is 0 Å². The van der Waals surface area contributed by atoms with Gasteiger partial charge in [0.1, 0.15) is 23.7 Å². The Morgan fingerprint density at radius 1 is 0.722 bits per heavy atom. The minimum Gasteiger partial charge on any atom is -0.453 e. The summed E-state index contributed by atoms with van der Waals surface area (Å²) in [5, 5.41) is 5.37. The molecule has 2 aliphatic rings. The van der Waals surface area contributed by atoms with Gasteiger partial charge in [0.2, 0.25) is 11.8 Å². The van der Waals surface area contributed by atoms with Gasteiger partial charge in [-0.25, -0.2) is 19.6 Å². The van der Waals surface area contributed by atoms with Crippen LogP contribution in [-0.2, 0) is 19.1 Å². The van der Waals surface area contributed by atoms with Crippen molar-refractivity contribution in [2.75, 3.05) is 27.3 Å². The third-order valence-electron chi connectivity index (χ3n) is 9.73. The van der Waals surface area contributed by atoms with Crippen LogP contribution in [0.5, 0.6) is 0 Å². The molecule has 0 bridgehead atoms. The third kappa shape index (κ3) is 8.47. The Labute approximate surface area is 322 Å². The molecule has 0 aromatic carbocycles. The van der Waals surface area contributed by atoms with E-state index in [1.54, 1.807) is 44.9 Å². The first kappa shape index (κ1) is 38.6. The van der Waals surface area contributed by atoms with E-state index < -0.39 is 24.3 Å². The molecule has 4 amide bonds. The number of thiophene rings is 2. The number of aromatic amines is 2. The van der Waals surface area contributed by atoms with Crippen LogP contribution in [0.2, 0.25) is 0 Å². The van der Waals surface area contributed by atoms with Crippen LogP contribution in [0.3, 0.4) is 0 Å². The Hall–Kier alpha value is -5.14. The van der Waals surface area contributed by atoms with Crippen molar-refractivity contribution in [1.29, 1.82) is 0 Å². The molecule has 1 unspecified atom stereocenters. The summed E-state index contributed by atoms with van der Waals surface area (Å²) in [6, 6.07) is 6.19. The number of likely N-dealkylation sites (tertiary alicyclic amines) is 2. The Kier molecular flexibility index (Phi) is 12.1. The molecule has 4 atom stereocenters. The van der Waals surface area contributed by atoms with Crippen LogP contribution in [-0.4, -0.2) is 93.1 Å². The lowest BCUT2D eigenvalue weighted by atomic mass is 10.0. The summed E-state index contributed by atoms with van der Waals surface area (Å²) in [6.07, 6.45) is 5.57. The molecule has 4 N–H and O–H groups in total. The molecule has 2 saturated heterocycles. The van der Waals surface area contributed by atoms with Gasteiger partial charge in [-0.2, -0.15) is 0 Å². The highest BCUT2D eigenvalue weighted by atomic mass is 32.1. The summed E-state index contributed by atoms with van der Waals surface area (Å²) < 4.78 is 9.49. The van der Waals surface area contributed by atoms with Crippen molar-refractivity contribution >= 4 is 46.7 Å². The molecule has 16 heteroatoms.